The van der Waals surface area contributed by atoms with Gasteiger partial charge >= 0.3 is 0 Å². The molecular formula is C17H19FN2O2S. The molecule has 0 aliphatic rings. The number of halogens is 1. The third kappa shape index (κ3) is 4.39. The monoisotopic (exact) mass is 334 g/mol. The molecule has 6 heteroatoms. The summed E-state index contributed by atoms with van der Waals surface area (Å²) in [5.41, 5.74) is 0.955. The summed E-state index contributed by atoms with van der Waals surface area (Å²) in [7, 11) is 0. The summed E-state index contributed by atoms with van der Waals surface area (Å²) in [6.45, 7) is 5.46. The maximum Gasteiger partial charge on any atom is 0.262 e. The highest BCUT2D eigenvalue weighted by Crippen LogP contribution is 2.17. The van der Waals surface area contributed by atoms with Gasteiger partial charge in [0, 0.05) is 0 Å². The molecule has 0 fully saturated rings. The number of hydrogen-bond donors (Lipinski definition) is 2. The van der Waals surface area contributed by atoms with Gasteiger partial charge in [-0.2, -0.15) is 0 Å². The van der Waals surface area contributed by atoms with E-state index in [1.54, 1.807) is 29.6 Å². The first-order valence-corrected chi connectivity index (χ1v) is 8.18. The van der Waals surface area contributed by atoms with Gasteiger partial charge in [-0.3, -0.25) is 9.59 Å². The van der Waals surface area contributed by atoms with Gasteiger partial charge in [-0.15, -0.1) is 11.3 Å². The lowest BCUT2D eigenvalue weighted by Crippen LogP contribution is -2.47. The Hall–Kier alpha value is -2.21. The SMILES string of the molecule is Cc1ccc(F)c(NC(=O)C(NC(=O)c2cccs2)C(C)C)c1. The Labute approximate surface area is 138 Å². The van der Waals surface area contributed by atoms with Crippen molar-refractivity contribution in [2.45, 2.75) is 26.8 Å². The van der Waals surface area contributed by atoms with Gasteiger partial charge in [0.1, 0.15) is 11.9 Å². The smallest absolute Gasteiger partial charge is 0.262 e. The maximum absolute atomic E-state index is 13.8. The molecule has 2 amide bonds. The highest BCUT2D eigenvalue weighted by Gasteiger charge is 2.25. The minimum absolute atomic E-state index is 0.117. The molecule has 23 heavy (non-hydrogen) atoms. The Morgan fingerprint density at radius 1 is 1.22 bits per heavy atom. The molecule has 0 radical (unpaired) electrons. The van der Waals surface area contributed by atoms with E-state index in [4.69, 9.17) is 0 Å². The van der Waals surface area contributed by atoms with Crippen molar-refractivity contribution in [1.82, 2.24) is 5.32 Å². The lowest BCUT2D eigenvalue weighted by Gasteiger charge is -2.21. The Bertz CT molecular complexity index is 699. The first-order chi connectivity index (χ1) is 10.9. The Kier molecular flexibility index (Phi) is 5.50. The molecule has 2 rings (SSSR count). The summed E-state index contributed by atoms with van der Waals surface area (Å²) < 4.78 is 13.8. The van der Waals surface area contributed by atoms with Crippen LogP contribution in [0.25, 0.3) is 0 Å². The van der Waals surface area contributed by atoms with Crippen molar-refractivity contribution in [2.24, 2.45) is 5.92 Å². The second-order valence-electron chi connectivity index (χ2n) is 5.65. The lowest BCUT2D eigenvalue weighted by atomic mass is 10.0. The average molecular weight is 334 g/mol. The van der Waals surface area contributed by atoms with Crippen molar-refractivity contribution in [3.8, 4) is 0 Å². The first kappa shape index (κ1) is 17.1. The van der Waals surface area contributed by atoms with Crippen LogP contribution in [0.15, 0.2) is 35.7 Å². The molecule has 0 aliphatic carbocycles. The van der Waals surface area contributed by atoms with Crippen LogP contribution in [0.4, 0.5) is 10.1 Å². The molecule has 0 aliphatic heterocycles. The molecule has 1 aromatic heterocycles. The van der Waals surface area contributed by atoms with Crippen molar-refractivity contribution in [3.05, 3.63) is 52.0 Å². The third-order valence-electron chi connectivity index (χ3n) is 3.36. The zero-order valence-corrected chi connectivity index (χ0v) is 14.0. The van der Waals surface area contributed by atoms with Crippen LogP contribution in [-0.4, -0.2) is 17.9 Å². The van der Waals surface area contributed by atoms with E-state index in [0.29, 0.717) is 4.88 Å². The number of carbonyl (C=O) groups excluding carboxylic acids is 2. The number of anilines is 1. The number of amides is 2. The van der Waals surface area contributed by atoms with Crippen LogP contribution in [0.1, 0.15) is 29.1 Å². The van der Waals surface area contributed by atoms with Crippen molar-refractivity contribution < 1.29 is 14.0 Å². The topological polar surface area (TPSA) is 58.2 Å². The van der Waals surface area contributed by atoms with Crippen LogP contribution in [0.2, 0.25) is 0 Å². The highest BCUT2D eigenvalue weighted by molar-refractivity contribution is 7.12. The lowest BCUT2D eigenvalue weighted by molar-refractivity contribution is -0.118. The predicted octanol–water partition coefficient (Wildman–Crippen LogP) is 3.59. The van der Waals surface area contributed by atoms with Crippen LogP contribution in [0, 0.1) is 18.7 Å². The summed E-state index contributed by atoms with van der Waals surface area (Å²) in [5.74, 6) is -1.38. The summed E-state index contributed by atoms with van der Waals surface area (Å²) in [5, 5.41) is 7.06. The van der Waals surface area contributed by atoms with E-state index in [2.05, 4.69) is 10.6 Å². The molecule has 0 saturated carbocycles. The fourth-order valence-electron chi connectivity index (χ4n) is 2.10. The van der Waals surface area contributed by atoms with Crippen LogP contribution in [-0.2, 0) is 4.79 Å². The van der Waals surface area contributed by atoms with Gasteiger partial charge in [0.2, 0.25) is 5.91 Å². The quantitative estimate of drug-likeness (QED) is 0.878. The van der Waals surface area contributed by atoms with Crippen LogP contribution in [0.3, 0.4) is 0 Å². The fraction of sp³-hybridized carbons (Fsp3) is 0.294. The Morgan fingerprint density at radius 3 is 2.57 bits per heavy atom. The number of hydrogen-bond acceptors (Lipinski definition) is 3. The van der Waals surface area contributed by atoms with Crippen molar-refractivity contribution in [1.29, 1.82) is 0 Å². The van der Waals surface area contributed by atoms with Crippen molar-refractivity contribution in [3.63, 3.8) is 0 Å². The summed E-state index contributed by atoms with van der Waals surface area (Å²) in [6.07, 6.45) is 0. The molecule has 0 bridgehead atoms. The summed E-state index contributed by atoms with van der Waals surface area (Å²) in [6, 6.07) is 7.21. The molecule has 1 heterocycles. The fourth-order valence-corrected chi connectivity index (χ4v) is 2.73. The van der Waals surface area contributed by atoms with E-state index in [-0.39, 0.29) is 17.5 Å². The molecule has 4 nitrogen and oxygen atoms in total. The predicted molar refractivity (Wildman–Crippen MR) is 90.2 cm³/mol. The Balaban J connectivity index is 2.12. The van der Waals surface area contributed by atoms with Crippen molar-refractivity contribution in [2.75, 3.05) is 5.32 Å². The van der Waals surface area contributed by atoms with E-state index in [1.165, 1.54) is 17.4 Å². The van der Waals surface area contributed by atoms with Crippen LogP contribution < -0.4 is 10.6 Å². The maximum atomic E-state index is 13.8. The van der Waals surface area contributed by atoms with E-state index >= 15 is 0 Å². The zero-order chi connectivity index (χ0) is 17.0. The molecule has 2 aromatic rings. The summed E-state index contributed by atoms with van der Waals surface area (Å²) in [4.78, 5) is 25.1. The minimum atomic E-state index is -0.746. The van der Waals surface area contributed by atoms with E-state index in [9.17, 15) is 14.0 Å². The van der Waals surface area contributed by atoms with Gasteiger partial charge in [0.15, 0.2) is 0 Å². The van der Waals surface area contributed by atoms with Crippen LogP contribution >= 0.6 is 11.3 Å². The van der Waals surface area contributed by atoms with Gasteiger partial charge in [-0.05, 0) is 42.0 Å². The molecule has 122 valence electrons. The summed E-state index contributed by atoms with van der Waals surface area (Å²) >= 11 is 1.30. The second kappa shape index (κ2) is 7.37. The number of rotatable bonds is 5. The van der Waals surface area contributed by atoms with Gasteiger partial charge in [-0.1, -0.05) is 26.0 Å². The van der Waals surface area contributed by atoms with E-state index in [1.807, 2.05) is 20.8 Å². The Morgan fingerprint density at radius 2 is 1.96 bits per heavy atom. The molecule has 0 saturated heterocycles. The molecule has 1 unspecified atom stereocenters. The minimum Gasteiger partial charge on any atom is -0.339 e. The second-order valence-corrected chi connectivity index (χ2v) is 6.59. The van der Waals surface area contributed by atoms with Crippen molar-refractivity contribution >= 4 is 28.8 Å². The number of carbonyl (C=O) groups is 2. The van der Waals surface area contributed by atoms with E-state index in [0.717, 1.165) is 5.56 Å². The van der Waals surface area contributed by atoms with Gasteiger partial charge in [-0.25, -0.2) is 4.39 Å². The number of aryl methyl sites for hydroxylation is 1. The van der Waals surface area contributed by atoms with Gasteiger partial charge < -0.3 is 10.6 Å². The molecule has 1 aromatic carbocycles. The largest absolute Gasteiger partial charge is 0.339 e. The third-order valence-corrected chi connectivity index (χ3v) is 4.23. The number of nitrogens with one attached hydrogen (secondary N) is 2. The molecule has 1 atom stereocenters. The zero-order valence-electron chi connectivity index (χ0n) is 13.2. The van der Waals surface area contributed by atoms with Gasteiger partial charge in [0.25, 0.3) is 5.91 Å². The molecule has 0 spiro atoms. The standard InChI is InChI=1S/C17H19FN2O2S/c1-10(2)15(20-16(21)14-5-4-8-23-14)17(22)19-13-9-11(3)6-7-12(13)18/h4-10,15H,1-3H3,(H,19,22)(H,20,21). The number of benzene rings is 1. The van der Waals surface area contributed by atoms with Crippen LogP contribution in [0.5, 0.6) is 0 Å². The van der Waals surface area contributed by atoms with E-state index < -0.39 is 17.8 Å². The average Bonchev–Trinajstić information content (AvgIpc) is 3.02. The van der Waals surface area contributed by atoms with Gasteiger partial charge in [0.05, 0.1) is 10.6 Å². The number of thiophene rings is 1. The molecule has 2 N–H and O–H groups in total. The first-order valence-electron chi connectivity index (χ1n) is 7.30. The normalized spacial score (nSPS) is 12.0. The highest BCUT2D eigenvalue weighted by atomic mass is 32.1. The molecular weight excluding hydrogens is 315 g/mol.